The van der Waals surface area contributed by atoms with Crippen molar-refractivity contribution in [1.29, 1.82) is 0 Å². The van der Waals surface area contributed by atoms with Gasteiger partial charge in [-0.3, -0.25) is 9.59 Å². The molecule has 0 aliphatic carbocycles. The molecule has 1 aliphatic rings. The van der Waals surface area contributed by atoms with E-state index in [4.69, 9.17) is 14.2 Å². The lowest BCUT2D eigenvalue weighted by Gasteiger charge is -2.24. The van der Waals surface area contributed by atoms with Gasteiger partial charge in [-0.05, 0) is 41.5 Å². The van der Waals surface area contributed by atoms with Gasteiger partial charge in [0.05, 0.1) is 19.6 Å². The van der Waals surface area contributed by atoms with Gasteiger partial charge in [0.15, 0.2) is 11.5 Å². The zero-order valence-electron chi connectivity index (χ0n) is 18.5. The predicted octanol–water partition coefficient (Wildman–Crippen LogP) is 3.57. The van der Waals surface area contributed by atoms with Crippen LogP contribution in [0.5, 0.6) is 11.5 Å². The van der Waals surface area contributed by atoms with Crippen molar-refractivity contribution < 1.29 is 23.8 Å². The number of fused-ring (bicyclic) bond motifs is 1. The highest BCUT2D eigenvalue weighted by molar-refractivity contribution is 6.06. The molecule has 3 aromatic carbocycles. The highest BCUT2D eigenvalue weighted by Crippen LogP contribution is 2.33. The molecule has 0 radical (unpaired) electrons. The molecule has 1 aliphatic heterocycles. The number of hydrogen-bond donors (Lipinski definition) is 1. The summed E-state index contributed by atoms with van der Waals surface area (Å²) in [6, 6.07) is 22.5. The Morgan fingerprint density at radius 3 is 2.55 bits per heavy atom. The Bertz CT molecular complexity index is 1120. The van der Waals surface area contributed by atoms with Crippen LogP contribution >= 0.6 is 0 Å². The minimum Gasteiger partial charge on any atom is -0.454 e. The second-order valence-corrected chi connectivity index (χ2v) is 7.63. The summed E-state index contributed by atoms with van der Waals surface area (Å²) in [7, 11) is 1.59. The second kappa shape index (κ2) is 10.7. The Kier molecular flexibility index (Phi) is 7.22. The largest absolute Gasteiger partial charge is 0.454 e. The summed E-state index contributed by atoms with van der Waals surface area (Å²) in [4.78, 5) is 27.6. The molecule has 1 heterocycles. The van der Waals surface area contributed by atoms with Gasteiger partial charge in [-0.2, -0.15) is 0 Å². The first-order valence-electron chi connectivity index (χ1n) is 10.7. The Balaban J connectivity index is 1.59. The molecule has 0 bridgehead atoms. The van der Waals surface area contributed by atoms with Gasteiger partial charge in [0, 0.05) is 24.9 Å². The van der Waals surface area contributed by atoms with Crippen molar-refractivity contribution in [3.63, 3.8) is 0 Å². The molecule has 1 N–H and O–H groups in total. The minimum absolute atomic E-state index is 0.0964. The Hall–Kier alpha value is -3.84. The molecule has 0 atom stereocenters. The van der Waals surface area contributed by atoms with Gasteiger partial charge in [-0.15, -0.1) is 0 Å². The maximum Gasteiger partial charge on any atom is 0.258 e. The SMILES string of the molecule is COCCNC(=O)Cc1cccc(N(Cc2ccccc2)C(=O)c2ccc3c(c2)OCO3)c1. The number of anilines is 1. The summed E-state index contributed by atoms with van der Waals surface area (Å²) in [5.41, 5.74) is 3.02. The van der Waals surface area contributed by atoms with Crippen LogP contribution in [0.2, 0.25) is 0 Å². The summed E-state index contributed by atoms with van der Waals surface area (Å²) < 4.78 is 15.8. The monoisotopic (exact) mass is 446 g/mol. The van der Waals surface area contributed by atoms with Crippen LogP contribution in [0.3, 0.4) is 0 Å². The van der Waals surface area contributed by atoms with E-state index in [-0.39, 0.29) is 25.0 Å². The van der Waals surface area contributed by atoms with Gasteiger partial charge in [-0.1, -0.05) is 42.5 Å². The lowest BCUT2D eigenvalue weighted by atomic mass is 10.1. The van der Waals surface area contributed by atoms with Crippen LogP contribution in [0.25, 0.3) is 0 Å². The fourth-order valence-electron chi connectivity index (χ4n) is 3.61. The van der Waals surface area contributed by atoms with E-state index in [1.165, 1.54) is 0 Å². The van der Waals surface area contributed by atoms with Crippen molar-refractivity contribution in [2.45, 2.75) is 13.0 Å². The normalized spacial score (nSPS) is 11.8. The van der Waals surface area contributed by atoms with Gasteiger partial charge >= 0.3 is 0 Å². The van der Waals surface area contributed by atoms with E-state index < -0.39 is 0 Å². The molecule has 33 heavy (non-hydrogen) atoms. The molecule has 0 aromatic heterocycles. The van der Waals surface area contributed by atoms with Crippen LogP contribution in [0.4, 0.5) is 5.69 Å². The van der Waals surface area contributed by atoms with E-state index in [2.05, 4.69) is 5.32 Å². The number of carbonyl (C=O) groups is 2. The summed E-state index contributed by atoms with van der Waals surface area (Å²) >= 11 is 0. The van der Waals surface area contributed by atoms with Gasteiger partial charge < -0.3 is 24.4 Å². The zero-order chi connectivity index (χ0) is 23.0. The van der Waals surface area contributed by atoms with E-state index in [9.17, 15) is 9.59 Å². The molecule has 0 saturated carbocycles. The number of benzene rings is 3. The lowest BCUT2D eigenvalue weighted by molar-refractivity contribution is -0.120. The maximum atomic E-state index is 13.6. The molecule has 3 aromatic rings. The van der Waals surface area contributed by atoms with Crippen molar-refractivity contribution in [3.05, 3.63) is 89.5 Å². The third-order valence-corrected chi connectivity index (χ3v) is 5.26. The quantitative estimate of drug-likeness (QED) is 0.509. The van der Waals surface area contributed by atoms with E-state index >= 15 is 0 Å². The van der Waals surface area contributed by atoms with Crippen LogP contribution < -0.4 is 19.7 Å². The summed E-state index contributed by atoms with van der Waals surface area (Å²) in [5.74, 6) is 0.921. The summed E-state index contributed by atoms with van der Waals surface area (Å²) in [6.07, 6.45) is 0.217. The van der Waals surface area contributed by atoms with Crippen LogP contribution in [-0.2, 0) is 22.5 Å². The maximum absolute atomic E-state index is 13.6. The summed E-state index contributed by atoms with van der Waals surface area (Å²) in [6.45, 7) is 1.45. The Morgan fingerprint density at radius 1 is 0.939 bits per heavy atom. The molecule has 4 rings (SSSR count). The predicted molar refractivity (Wildman–Crippen MR) is 125 cm³/mol. The molecule has 7 nitrogen and oxygen atoms in total. The van der Waals surface area contributed by atoms with Crippen LogP contribution in [0.15, 0.2) is 72.8 Å². The first-order valence-corrected chi connectivity index (χ1v) is 10.7. The molecule has 0 fully saturated rings. The lowest BCUT2D eigenvalue weighted by Crippen LogP contribution is -2.31. The number of nitrogens with one attached hydrogen (secondary N) is 1. The number of ether oxygens (including phenoxy) is 3. The number of amides is 2. The molecule has 0 unspecified atom stereocenters. The first-order chi connectivity index (χ1) is 16.1. The van der Waals surface area contributed by atoms with Gasteiger partial charge in [0.2, 0.25) is 12.7 Å². The van der Waals surface area contributed by atoms with Crippen molar-refractivity contribution >= 4 is 17.5 Å². The average Bonchev–Trinajstić information content (AvgIpc) is 3.31. The number of rotatable bonds is 9. The molecular weight excluding hydrogens is 420 g/mol. The Morgan fingerprint density at radius 2 is 1.73 bits per heavy atom. The number of methoxy groups -OCH3 is 1. The molecule has 7 heteroatoms. The third kappa shape index (κ3) is 5.70. The topological polar surface area (TPSA) is 77.1 Å². The highest BCUT2D eigenvalue weighted by atomic mass is 16.7. The van der Waals surface area contributed by atoms with E-state index in [1.807, 2.05) is 54.6 Å². The summed E-state index contributed by atoms with van der Waals surface area (Å²) in [5, 5.41) is 2.82. The van der Waals surface area contributed by atoms with E-state index in [0.717, 1.165) is 11.1 Å². The fourth-order valence-corrected chi connectivity index (χ4v) is 3.61. The first kappa shape index (κ1) is 22.4. The van der Waals surface area contributed by atoms with Gasteiger partial charge in [-0.25, -0.2) is 0 Å². The van der Waals surface area contributed by atoms with Gasteiger partial charge in [0.25, 0.3) is 5.91 Å². The molecule has 2 amide bonds. The average molecular weight is 447 g/mol. The van der Waals surface area contributed by atoms with Crippen molar-refractivity contribution in [3.8, 4) is 11.5 Å². The molecule has 170 valence electrons. The molecule has 0 saturated heterocycles. The molecular formula is C26H26N2O5. The third-order valence-electron chi connectivity index (χ3n) is 5.26. The van der Waals surface area contributed by atoms with Crippen LogP contribution in [-0.4, -0.2) is 38.9 Å². The number of carbonyl (C=O) groups excluding carboxylic acids is 2. The zero-order valence-corrected chi connectivity index (χ0v) is 18.5. The van der Waals surface area contributed by atoms with Crippen molar-refractivity contribution in [2.24, 2.45) is 0 Å². The number of hydrogen-bond acceptors (Lipinski definition) is 5. The minimum atomic E-state index is -0.168. The fraction of sp³-hybridized carbons (Fsp3) is 0.231. The van der Waals surface area contributed by atoms with Crippen LogP contribution in [0.1, 0.15) is 21.5 Å². The van der Waals surface area contributed by atoms with Crippen molar-refractivity contribution in [2.75, 3.05) is 32.0 Å². The number of nitrogens with zero attached hydrogens (tertiary/aromatic N) is 1. The van der Waals surface area contributed by atoms with Crippen LogP contribution in [0, 0.1) is 0 Å². The highest BCUT2D eigenvalue weighted by Gasteiger charge is 2.22. The van der Waals surface area contributed by atoms with E-state index in [0.29, 0.717) is 42.4 Å². The smallest absolute Gasteiger partial charge is 0.258 e. The van der Waals surface area contributed by atoms with Crippen molar-refractivity contribution in [1.82, 2.24) is 5.32 Å². The van der Waals surface area contributed by atoms with E-state index in [1.54, 1.807) is 30.2 Å². The Labute approximate surface area is 192 Å². The second-order valence-electron chi connectivity index (χ2n) is 7.63. The molecule has 0 spiro atoms. The standard InChI is InChI=1S/C26H26N2O5/c1-31-13-12-27-25(29)15-20-8-5-9-22(14-20)28(17-19-6-3-2-4-7-19)26(30)21-10-11-23-24(16-21)33-18-32-23/h2-11,14,16H,12-13,15,17-18H2,1H3,(H,27,29). The van der Waals surface area contributed by atoms with Gasteiger partial charge in [0.1, 0.15) is 0 Å².